The van der Waals surface area contributed by atoms with Gasteiger partial charge < -0.3 is 5.32 Å². The molecule has 17 heavy (non-hydrogen) atoms. The molecule has 0 amide bonds. The monoisotopic (exact) mass is 248 g/mol. The summed E-state index contributed by atoms with van der Waals surface area (Å²) in [5, 5.41) is 4.54. The van der Waals surface area contributed by atoms with Crippen molar-refractivity contribution in [1.29, 1.82) is 0 Å². The zero-order valence-corrected chi connectivity index (χ0v) is 11.4. The number of nitrogens with zero attached hydrogens (tertiary/aromatic N) is 1. The van der Waals surface area contributed by atoms with Gasteiger partial charge in [-0.1, -0.05) is 50.2 Å². The number of amidine groups is 1. The van der Waals surface area contributed by atoms with Gasteiger partial charge in [0, 0.05) is 18.0 Å². The first-order valence-corrected chi connectivity index (χ1v) is 7.30. The number of nitrogens with one attached hydrogen (secondary N) is 1. The van der Waals surface area contributed by atoms with Gasteiger partial charge in [0.2, 0.25) is 0 Å². The average Bonchev–Trinajstić information content (AvgIpc) is 2.35. The Labute approximate surface area is 108 Å². The van der Waals surface area contributed by atoms with Gasteiger partial charge in [-0.2, -0.15) is 0 Å². The Morgan fingerprint density at radius 2 is 2.24 bits per heavy atom. The summed E-state index contributed by atoms with van der Waals surface area (Å²) >= 11 is 1.83. The SMILES string of the molecule is CCCc1ccccc1NC1=NCC(C)CS1. The van der Waals surface area contributed by atoms with E-state index in [-0.39, 0.29) is 0 Å². The topological polar surface area (TPSA) is 24.4 Å². The highest BCUT2D eigenvalue weighted by molar-refractivity contribution is 8.14. The standard InChI is InChI=1S/C14H20N2S/c1-3-6-12-7-4-5-8-13(12)16-14-15-9-11(2)10-17-14/h4-5,7-8,11H,3,6,9-10H2,1-2H3,(H,15,16). The molecule has 1 aliphatic heterocycles. The zero-order chi connectivity index (χ0) is 12.1. The molecule has 1 aromatic rings. The van der Waals surface area contributed by atoms with Crippen molar-refractivity contribution in [3.63, 3.8) is 0 Å². The minimum absolute atomic E-state index is 0.705. The molecular weight excluding hydrogens is 228 g/mol. The minimum Gasteiger partial charge on any atom is -0.335 e. The summed E-state index contributed by atoms with van der Waals surface area (Å²) in [6.45, 7) is 5.41. The van der Waals surface area contributed by atoms with E-state index in [1.807, 2.05) is 11.8 Å². The molecule has 1 unspecified atom stereocenters. The first-order valence-electron chi connectivity index (χ1n) is 6.31. The summed E-state index contributed by atoms with van der Waals surface area (Å²) in [6, 6.07) is 8.53. The number of aliphatic imine (C=N–C) groups is 1. The summed E-state index contributed by atoms with van der Waals surface area (Å²) in [4.78, 5) is 4.58. The number of benzene rings is 1. The van der Waals surface area contributed by atoms with E-state index in [9.17, 15) is 0 Å². The lowest BCUT2D eigenvalue weighted by Crippen LogP contribution is -2.19. The van der Waals surface area contributed by atoms with Crippen LogP contribution in [0.15, 0.2) is 29.3 Å². The minimum atomic E-state index is 0.705. The van der Waals surface area contributed by atoms with Gasteiger partial charge in [-0.15, -0.1) is 0 Å². The predicted molar refractivity (Wildman–Crippen MR) is 78.0 cm³/mol. The Bertz CT molecular complexity index is 401. The second-order valence-electron chi connectivity index (χ2n) is 4.59. The van der Waals surface area contributed by atoms with Crippen LogP contribution in [-0.2, 0) is 6.42 Å². The summed E-state index contributed by atoms with van der Waals surface area (Å²) in [7, 11) is 0. The molecule has 0 spiro atoms. The van der Waals surface area contributed by atoms with Gasteiger partial charge in [-0.3, -0.25) is 4.99 Å². The van der Waals surface area contributed by atoms with Crippen LogP contribution in [0.5, 0.6) is 0 Å². The van der Waals surface area contributed by atoms with Crippen LogP contribution >= 0.6 is 11.8 Å². The van der Waals surface area contributed by atoms with E-state index >= 15 is 0 Å². The fourth-order valence-electron chi connectivity index (χ4n) is 1.88. The van der Waals surface area contributed by atoms with E-state index in [1.54, 1.807) is 0 Å². The van der Waals surface area contributed by atoms with Gasteiger partial charge in [0.15, 0.2) is 5.17 Å². The predicted octanol–water partition coefficient (Wildman–Crippen LogP) is 3.79. The molecule has 0 saturated carbocycles. The van der Waals surface area contributed by atoms with Crippen molar-refractivity contribution >= 4 is 22.6 Å². The molecule has 1 heterocycles. The Morgan fingerprint density at radius 3 is 2.94 bits per heavy atom. The number of para-hydroxylation sites is 1. The number of hydrogen-bond acceptors (Lipinski definition) is 3. The summed E-state index contributed by atoms with van der Waals surface area (Å²) in [5.41, 5.74) is 2.60. The molecule has 1 N–H and O–H groups in total. The van der Waals surface area contributed by atoms with Crippen LogP contribution in [0.2, 0.25) is 0 Å². The fourth-order valence-corrected chi connectivity index (χ4v) is 2.77. The molecule has 1 atom stereocenters. The third-order valence-electron chi connectivity index (χ3n) is 2.83. The lowest BCUT2D eigenvalue weighted by atomic mass is 10.1. The van der Waals surface area contributed by atoms with Crippen molar-refractivity contribution in [2.75, 3.05) is 17.6 Å². The molecule has 0 fully saturated rings. The molecule has 0 radical (unpaired) electrons. The van der Waals surface area contributed by atoms with Gasteiger partial charge in [-0.25, -0.2) is 0 Å². The van der Waals surface area contributed by atoms with E-state index in [4.69, 9.17) is 0 Å². The number of hydrogen-bond donors (Lipinski definition) is 1. The van der Waals surface area contributed by atoms with Gasteiger partial charge >= 0.3 is 0 Å². The number of anilines is 1. The normalized spacial score (nSPS) is 19.9. The highest BCUT2D eigenvalue weighted by Crippen LogP contribution is 2.22. The molecule has 0 saturated heterocycles. The molecule has 0 aliphatic carbocycles. The maximum Gasteiger partial charge on any atom is 0.161 e. The number of rotatable bonds is 3. The van der Waals surface area contributed by atoms with Crippen LogP contribution < -0.4 is 5.32 Å². The van der Waals surface area contributed by atoms with Crippen molar-refractivity contribution in [3.05, 3.63) is 29.8 Å². The van der Waals surface area contributed by atoms with E-state index in [2.05, 4.69) is 48.4 Å². The van der Waals surface area contributed by atoms with E-state index in [1.165, 1.54) is 23.4 Å². The fraction of sp³-hybridized carbons (Fsp3) is 0.500. The van der Waals surface area contributed by atoms with E-state index in [0.717, 1.165) is 18.1 Å². The molecule has 3 heteroatoms. The maximum atomic E-state index is 4.58. The molecule has 0 bridgehead atoms. The number of aryl methyl sites for hydroxylation is 1. The second-order valence-corrected chi connectivity index (χ2v) is 5.60. The molecule has 2 nitrogen and oxygen atoms in total. The summed E-state index contributed by atoms with van der Waals surface area (Å²) < 4.78 is 0. The smallest absolute Gasteiger partial charge is 0.161 e. The van der Waals surface area contributed by atoms with Gasteiger partial charge in [0.1, 0.15) is 0 Å². The molecular formula is C14H20N2S. The third kappa shape index (κ3) is 3.50. The van der Waals surface area contributed by atoms with Crippen LogP contribution in [0.4, 0.5) is 5.69 Å². The van der Waals surface area contributed by atoms with Crippen molar-refractivity contribution < 1.29 is 0 Å². The highest BCUT2D eigenvalue weighted by atomic mass is 32.2. The van der Waals surface area contributed by atoms with Gasteiger partial charge in [0.25, 0.3) is 0 Å². The van der Waals surface area contributed by atoms with Crippen LogP contribution in [0.1, 0.15) is 25.8 Å². The summed E-state index contributed by atoms with van der Waals surface area (Å²) in [6.07, 6.45) is 2.30. The van der Waals surface area contributed by atoms with Crippen molar-refractivity contribution in [1.82, 2.24) is 0 Å². The quantitative estimate of drug-likeness (QED) is 0.880. The van der Waals surface area contributed by atoms with Crippen molar-refractivity contribution in [2.24, 2.45) is 10.9 Å². The van der Waals surface area contributed by atoms with Crippen LogP contribution in [0, 0.1) is 5.92 Å². The second kappa shape index (κ2) is 6.10. The third-order valence-corrected chi connectivity index (χ3v) is 4.07. The van der Waals surface area contributed by atoms with Gasteiger partial charge in [-0.05, 0) is 24.0 Å². The Kier molecular flexibility index (Phi) is 4.49. The summed E-state index contributed by atoms with van der Waals surface area (Å²) in [5.74, 6) is 1.87. The lowest BCUT2D eigenvalue weighted by molar-refractivity contribution is 0.674. The Morgan fingerprint density at radius 1 is 1.41 bits per heavy atom. The molecule has 1 aromatic carbocycles. The average molecular weight is 248 g/mol. The van der Waals surface area contributed by atoms with Gasteiger partial charge in [0.05, 0.1) is 0 Å². The largest absolute Gasteiger partial charge is 0.335 e. The van der Waals surface area contributed by atoms with Crippen LogP contribution in [0.3, 0.4) is 0 Å². The molecule has 92 valence electrons. The number of thioether (sulfide) groups is 1. The molecule has 0 aromatic heterocycles. The van der Waals surface area contributed by atoms with Crippen molar-refractivity contribution in [3.8, 4) is 0 Å². The first kappa shape index (κ1) is 12.5. The van der Waals surface area contributed by atoms with Crippen LogP contribution in [0.25, 0.3) is 0 Å². The Balaban J connectivity index is 2.07. The van der Waals surface area contributed by atoms with Crippen LogP contribution in [-0.4, -0.2) is 17.5 Å². The van der Waals surface area contributed by atoms with Crippen molar-refractivity contribution in [2.45, 2.75) is 26.7 Å². The Hall–Kier alpha value is -0.960. The first-order chi connectivity index (χ1) is 8.29. The lowest BCUT2D eigenvalue weighted by Gasteiger charge is -2.19. The maximum absolute atomic E-state index is 4.58. The zero-order valence-electron chi connectivity index (χ0n) is 10.6. The highest BCUT2D eigenvalue weighted by Gasteiger charge is 2.12. The molecule has 2 rings (SSSR count). The van der Waals surface area contributed by atoms with E-state index < -0.39 is 0 Å². The van der Waals surface area contributed by atoms with E-state index in [0.29, 0.717) is 5.92 Å². The molecule has 1 aliphatic rings.